The summed E-state index contributed by atoms with van der Waals surface area (Å²) >= 11 is 0. The number of pyridine rings is 1. The molecule has 0 saturated carbocycles. The Morgan fingerprint density at radius 2 is 1.80 bits per heavy atom. The van der Waals surface area contributed by atoms with Gasteiger partial charge in [0, 0.05) is 30.3 Å². The second-order valence-electron chi connectivity index (χ2n) is 7.14. The molecule has 0 aliphatic carbocycles. The Morgan fingerprint density at radius 1 is 0.967 bits per heavy atom. The van der Waals surface area contributed by atoms with Crippen LogP contribution in [0.4, 0.5) is 0 Å². The number of rotatable bonds is 4. The molecule has 3 heterocycles. The topological polar surface area (TPSA) is 69.0 Å². The Balaban J connectivity index is 1.37. The van der Waals surface area contributed by atoms with Crippen LogP contribution in [0.2, 0.25) is 0 Å². The quantitative estimate of drug-likeness (QED) is 0.552. The minimum absolute atomic E-state index is 0.208. The summed E-state index contributed by atoms with van der Waals surface area (Å²) in [5.41, 5.74) is 2.66. The van der Waals surface area contributed by atoms with Crippen molar-refractivity contribution >= 4 is 5.91 Å². The summed E-state index contributed by atoms with van der Waals surface area (Å²) < 4.78 is 7.88. The zero-order valence-corrected chi connectivity index (χ0v) is 16.2. The number of aryl methyl sites for hydroxylation is 1. The summed E-state index contributed by atoms with van der Waals surface area (Å²) in [6, 6.07) is 20.9. The zero-order chi connectivity index (χ0) is 20.3. The maximum absolute atomic E-state index is 13.0. The van der Waals surface area contributed by atoms with E-state index in [4.69, 9.17) is 4.74 Å². The van der Waals surface area contributed by atoms with Crippen LogP contribution < -0.4 is 10.1 Å². The molecule has 1 aliphatic heterocycles. The Bertz CT molecular complexity index is 1190. The molecular weight excluding hydrogens is 376 g/mol. The first-order valence-electron chi connectivity index (χ1n) is 9.89. The zero-order valence-electron chi connectivity index (χ0n) is 16.2. The largest absolute Gasteiger partial charge is 0.457 e. The highest BCUT2D eigenvalue weighted by Crippen LogP contribution is 2.29. The van der Waals surface area contributed by atoms with Gasteiger partial charge in [0.2, 0.25) is 0 Å². The van der Waals surface area contributed by atoms with Gasteiger partial charge in [-0.15, -0.1) is 0 Å². The van der Waals surface area contributed by atoms with E-state index in [1.807, 2.05) is 48.7 Å². The van der Waals surface area contributed by atoms with Crippen molar-refractivity contribution in [3.8, 4) is 17.2 Å². The Labute approximate surface area is 174 Å². The van der Waals surface area contributed by atoms with Gasteiger partial charge in [-0.25, -0.2) is 4.98 Å². The number of hydrogen-bond donors (Lipinski definition) is 1. The molecule has 0 fully saturated rings. The summed E-state index contributed by atoms with van der Waals surface area (Å²) in [6.45, 7) is 0. The van der Waals surface area contributed by atoms with Gasteiger partial charge >= 0.3 is 0 Å². The number of hydrogen-bond acceptors (Lipinski definition) is 4. The van der Waals surface area contributed by atoms with E-state index < -0.39 is 0 Å². The van der Waals surface area contributed by atoms with Gasteiger partial charge in [-0.3, -0.25) is 9.78 Å². The van der Waals surface area contributed by atoms with Gasteiger partial charge in [-0.05, 0) is 42.7 Å². The summed E-state index contributed by atoms with van der Waals surface area (Å²) in [4.78, 5) is 21.7. The maximum atomic E-state index is 13.0. The number of benzene rings is 2. The first-order chi connectivity index (χ1) is 14.8. The van der Waals surface area contributed by atoms with Crippen molar-refractivity contribution in [3.05, 3.63) is 102 Å². The molecule has 0 radical (unpaired) electrons. The third-order valence-corrected chi connectivity index (χ3v) is 5.18. The molecule has 1 atom stereocenters. The van der Waals surface area contributed by atoms with E-state index >= 15 is 0 Å². The third-order valence-electron chi connectivity index (χ3n) is 5.18. The van der Waals surface area contributed by atoms with Crippen LogP contribution >= 0.6 is 0 Å². The smallest absolute Gasteiger partial charge is 0.270 e. The Hall–Kier alpha value is -3.93. The van der Waals surface area contributed by atoms with Gasteiger partial charge in [-0.1, -0.05) is 36.4 Å². The number of imidazole rings is 1. The second kappa shape index (κ2) is 7.83. The first kappa shape index (κ1) is 18.1. The minimum atomic E-state index is -0.251. The van der Waals surface area contributed by atoms with E-state index in [9.17, 15) is 4.79 Å². The number of aromatic nitrogens is 3. The standard InChI is InChI=1S/C24H20N4O2/c29-24(21-16-19(12-13-25-21)30-18-7-2-1-3-8-18)27-20-11-10-17-6-4-5-9-22(17)28-15-14-26-23(20)28/h1-9,12-16,20H,10-11H2,(H,27,29). The molecule has 6 nitrogen and oxygen atoms in total. The molecule has 148 valence electrons. The molecule has 5 rings (SSSR count). The normalized spacial score (nSPS) is 14.9. The lowest BCUT2D eigenvalue weighted by atomic mass is 10.1. The summed E-state index contributed by atoms with van der Waals surface area (Å²) in [7, 11) is 0. The summed E-state index contributed by atoms with van der Waals surface area (Å²) in [5, 5.41) is 3.10. The van der Waals surface area contributed by atoms with E-state index in [1.54, 1.807) is 24.5 Å². The molecular formula is C24H20N4O2. The molecule has 1 aliphatic rings. The SMILES string of the molecule is O=C(NC1CCc2ccccc2-n2ccnc21)c1cc(Oc2ccccc2)ccn1. The van der Waals surface area contributed by atoms with Crippen molar-refractivity contribution in [2.24, 2.45) is 0 Å². The van der Waals surface area contributed by atoms with Crippen LogP contribution in [0, 0.1) is 0 Å². The molecule has 4 aromatic rings. The van der Waals surface area contributed by atoms with Crippen molar-refractivity contribution in [2.75, 3.05) is 0 Å². The van der Waals surface area contributed by atoms with Crippen LogP contribution in [0.15, 0.2) is 85.3 Å². The van der Waals surface area contributed by atoms with Gasteiger partial charge in [0.25, 0.3) is 5.91 Å². The molecule has 1 amide bonds. The van der Waals surface area contributed by atoms with Crippen molar-refractivity contribution in [1.82, 2.24) is 19.9 Å². The van der Waals surface area contributed by atoms with Crippen molar-refractivity contribution in [2.45, 2.75) is 18.9 Å². The molecule has 1 unspecified atom stereocenters. The predicted octanol–water partition coefficient (Wildman–Crippen LogP) is 4.48. The fourth-order valence-corrected chi connectivity index (χ4v) is 3.76. The lowest BCUT2D eigenvalue weighted by Gasteiger charge is -2.17. The Kier molecular flexibility index (Phi) is 4.73. The number of nitrogens with one attached hydrogen (secondary N) is 1. The van der Waals surface area contributed by atoms with E-state index in [2.05, 4.69) is 32.0 Å². The number of carbonyl (C=O) groups is 1. The highest BCUT2D eigenvalue weighted by molar-refractivity contribution is 5.92. The molecule has 30 heavy (non-hydrogen) atoms. The van der Waals surface area contributed by atoms with E-state index in [0.717, 1.165) is 24.4 Å². The third kappa shape index (κ3) is 3.55. The molecule has 2 aromatic heterocycles. The van der Waals surface area contributed by atoms with Crippen molar-refractivity contribution < 1.29 is 9.53 Å². The highest BCUT2D eigenvalue weighted by Gasteiger charge is 2.25. The van der Waals surface area contributed by atoms with E-state index in [-0.39, 0.29) is 11.9 Å². The van der Waals surface area contributed by atoms with Gasteiger partial charge in [0.1, 0.15) is 23.0 Å². The molecule has 2 aromatic carbocycles. The number of ether oxygens (including phenoxy) is 1. The van der Waals surface area contributed by atoms with Gasteiger partial charge in [0.15, 0.2) is 0 Å². The summed E-state index contributed by atoms with van der Waals surface area (Å²) in [6.07, 6.45) is 6.90. The average molecular weight is 396 g/mol. The van der Waals surface area contributed by atoms with Crippen LogP contribution in [0.3, 0.4) is 0 Å². The van der Waals surface area contributed by atoms with Crippen LogP contribution in [-0.4, -0.2) is 20.4 Å². The molecule has 1 N–H and O–H groups in total. The van der Waals surface area contributed by atoms with Crippen LogP contribution in [0.5, 0.6) is 11.5 Å². The van der Waals surface area contributed by atoms with Crippen LogP contribution in [0.25, 0.3) is 5.69 Å². The Morgan fingerprint density at radius 3 is 2.70 bits per heavy atom. The minimum Gasteiger partial charge on any atom is -0.457 e. The number of carbonyl (C=O) groups excluding carboxylic acids is 1. The van der Waals surface area contributed by atoms with Gasteiger partial charge in [0.05, 0.1) is 6.04 Å². The number of para-hydroxylation sites is 2. The number of nitrogens with zero attached hydrogens (tertiary/aromatic N) is 3. The molecule has 0 saturated heterocycles. The number of fused-ring (bicyclic) bond motifs is 3. The second-order valence-corrected chi connectivity index (χ2v) is 7.14. The molecule has 6 heteroatoms. The average Bonchev–Trinajstić information content (AvgIpc) is 3.22. The maximum Gasteiger partial charge on any atom is 0.270 e. The lowest BCUT2D eigenvalue weighted by Crippen LogP contribution is -2.30. The first-order valence-corrected chi connectivity index (χ1v) is 9.89. The fourth-order valence-electron chi connectivity index (χ4n) is 3.76. The monoisotopic (exact) mass is 396 g/mol. The van der Waals surface area contributed by atoms with Crippen LogP contribution in [-0.2, 0) is 6.42 Å². The van der Waals surface area contributed by atoms with Crippen LogP contribution in [0.1, 0.15) is 34.3 Å². The molecule has 0 bridgehead atoms. The number of amides is 1. The van der Waals surface area contributed by atoms with E-state index in [1.165, 1.54) is 5.56 Å². The van der Waals surface area contributed by atoms with Gasteiger partial charge in [-0.2, -0.15) is 0 Å². The van der Waals surface area contributed by atoms with Crippen molar-refractivity contribution in [3.63, 3.8) is 0 Å². The van der Waals surface area contributed by atoms with E-state index in [0.29, 0.717) is 17.2 Å². The summed E-state index contributed by atoms with van der Waals surface area (Å²) in [5.74, 6) is 1.85. The highest BCUT2D eigenvalue weighted by atomic mass is 16.5. The van der Waals surface area contributed by atoms with Crippen molar-refractivity contribution in [1.29, 1.82) is 0 Å². The molecule has 0 spiro atoms. The fraction of sp³-hybridized carbons (Fsp3) is 0.125. The lowest BCUT2D eigenvalue weighted by molar-refractivity contribution is 0.0927. The van der Waals surface area contributed by atoms with Gasteiger partial charge < -0.3 is 14.6 Å². The predicted molar refractivity (Wildman–Crippen MR) is 113 cm³/mol.